The van der Waals surface area contributed by atoms with Gasteiger partial charge in [0.2, 0.25) is 59.3 Å². The molecule has 4 aliphatic carbocycles. The van der Waals surface area contributed by atoms with Gasteiger partial charge in [-0.05, 0) is 212 Å². The van der Waals surface area contributed by atoms with Gasteiger partial charge < -0.3 is 142 Å². The number of fused-ring (bicyclic) bond motifs is 15. The first-order chi connectivity index (χ1) is 63.7. The van der Waals surface area contributed by atoms with Crippen LogP contribution in [0.5, 0.6) is 46.0 Å². The van der Waals surface area contributed by atoms with E-state index in [1.807, 2.05) is 0 Å². The molecule has 11 amide bonds. The molecule has 39 nitrogen and oxygen atoms in total. The van der Waals surface area contributed by atoms with E-state index in [-0.39, 0.29) is 64.3 Å². The molecule has 4 saturated carbocycles. The van der Waals surface area contributed by atoms with E-state index in [9.17, 15) is 64.8 Å². The molecule has 5 aromatic carbocycles. The zero-order valence-corrected chi connectivity index (χ0v) is 78.2. The number of nitrogens with two attached hydrogens (primary N) is 1. The van der Waals surface area contributed by atoms with Crippen LogP contribution in [0.2, 0.25) is 10.0 Å². The van der Waals surface area contributed by atoms with Crippen LogP contribution >= 0.6 is 23.2 Å². The van der Waals surface area contributed by atoms with Crippen molar-refractivity contribution in [2.75, 3.05) is 13.2 Å². The second-order valence-electron chi connectivity index (χ2n) is 38.8. The van der Waals surface area contributed by atoms with E-state index in [1.165, 1.54) is 32.0 Å². The highest BCUT2D eigenvalue weighted by molar-refractivity contribution is 6.32. The fourth-order valence-corrected chi connectivity index (χ4v) is 19.6. The highest BCUT2D eigenvalue weighted by Crippen LogP contribution is 2.55. The minimum absolute atomic E-state index is 0.0128. The number of phenols is 2. The number of aromatic hydroxyl groups is 2. The predicted molar refractivity (Wildman–Crippen MR) is 482 cm³/mol. The van der Waals surface area contributed by atoms with Crippen LogP contribution in [0.25, 0.3) is 11.1 Å². The Morgan fingerprint density at radius 1 is 0.630 bits per heavy atom. The molecular weight excluding hydrogens is 1800 g/mol. The highest BCUT2D eigenvalue weighted by Gasteiger charge is 2.55. The van der Waals surface area contributed by atoms with Crippen LogP contribution in [0.4, 0.5) is 14.4 Å². The van der Waals surface area contributed by atoms with Gasteiger partial charge in [-0.2, -0.15) is 0 Å². The number of primary amides is 1. The predicted octanol–water partition coefficient (Wildman–Crippen LogP) is 7.58. The largest absolute Gasteiger partial charge is 0.507 e. The minimum atomic E-state index is -2.44. The van der Waals surface area contributed by atoms with Crippen LogP contribution in [-0.2, 0) is 62.0 Å². The Balaban J connectivity index is 1.00. The molecule has 0 radical (unpaired) electrons. The first-order valence-electron chi connectivity index (χ1n) is 45.6. The molecule has 20 N–H and O–H groups in total. The average molecular weight is 1920 g/mol. The molecular formula is C94H121Cl2N11O28. The van der Waals surface area contributed by atoms with Gasteiger partial charge in [-0.1, -0.05) is 94.3 Å². The van der Waals surface area contributed by atoms with Crippen molar-refractivity contribution in [3.8, 4) is 57.1 Å². The van der Waals surface area contributed by atoms with Crippen molar-refractivity contribution in [3.05, 3.63) is 117 Å². The van der Waals surface area contributed by atoms with Crippen molar-refractivity contribution in [1.82, 2.24) is 53.2 Å². The number of halogens is 2. The number of phenolic OH excluding ortho intramolecular Hbond substituents is 2. The molecule has 9 unspecified atom stereocenters. The number of amides is 11. The molecule has 41 heteroatoms. The number of benzene rings is 5. The van der Waals surface area contributed by atoms with Gasteiger partial charge in [0, 0.05) is 36.2 Å². The van der Waals surface area contributed by atoms with E-state index < -0.39 is 273 Å². The summed E-state index contributed by atoms with van der Waals surface area (Å²) in [6.45, 7) is 17.1. The zero-order chi connectivity index (χ0) is 97.9. The van der Waals surface area contributed by atoms with Crippen LogP contribution in [0.3, 0.4) is 0 Å². The quantitative estimate of drug-likeness (QED) is 0.0280. The summed E-state index contributed by atoms with van der Waals surface area (Å²) in [5.41, 5.74) is -0.336. The maximum absolute atomic E-state index is 16.7. The summed E-state index contributed by atoms with van der Waals surface area (Å²) in [7, 11) is 0. The van der Waals surface area contributed by atoms with Crippen LogP contribution < -0.4 is 77.8 Å². The number of hydrogen-bond acceptors (Lipinski definition) is 28. The molecule has 7 aliphatic heterocycles. The third-order valence-electron chi connectivity index (χ3n) is 25.4. The van der Waals surface area contributed by atoms with Gasteiger partial charge in [0.25, 0.3) is 0 Å². The lowest BCUT2D eigenvalue weighted by Gasteiger charge is -2.54. The lowest BCUT2D eigenvalue weighted by Crippen LogP contribution is -2.66. The van der Waals surface area contributed by atoms with Crippen molar-refractivity contribution in [2.45, 2.75) is 293 Å². The Kier molecular flexibility index (Phi) is 31.7. The third-order valence-corrected chi connectivity index (χ3v) is 26.0. The summed E-state index contributed by atoms with van der Waals surface area (Å²) in [6, 6.07) is -0.943. The van der Waals surface area contributed by atoms with E-state index in [4.69, 9.17) is 71.6 Å². The lowest BCUT2D eigenvalue weighted by atomic mass is 9.54. The number of carbonyl (C=O) groups is 11. The van der Waals surface area contributed by atoms with Gasteiger partial charge in [-0.25, -0.2) is 14.4 Å². The van der Waals surface area contributed by atoms with Gasteiger partial charge in [0.05, 0.1) is 34.7 Å². The molecule has 0 spiro atoms. The maximum atomic E-state index is 16.7. The van der Waals surface area contributed by atoms with Crippen molar-refractivity contribution in [2.24, 2.45) is 35.3 Å². The van der Waals surface area contributed by atoms with E-state index in [2.05, 4.69) is 60.1 Å². The monoisotopic (exact) mass is 1920 g/mol. The molecule has 135 heavy (non-hydrogen) atoms. The van der Waals surface area contributed by atoms with Crippen LogP contribution in [-0.4, -0.2) is 216 Å². The summed E-state index contributed by atoms with van der Waals surface area (Å²) in [6.07, 6.45) is -13.9. The summed E-state index contributed by atoms with van der Waals surface area (Å²) in [4.78, 5) is 165. The normalized spacial score (nSPS) is 29.1. The van der Waals surface area contributed by atoms with Crippen LogP contribution in [0, 0.1) is 29.6 Å². The first-order valence-corrected chi connectivity index (χ1v) is 46.3. The van der Waals surface area contributed by atoms with E-state index in [0.29, 0.717) is 18.3 Å². The molecule has 5 aromatic rings. The Hall–Kier alpha value is -11.1. The Labute approximate surface area is 789 Å². The molecule has 16 rings (SSSR count). The summed E-state index contributed by atoms with van der Waals surface area (Å²) in [5, 5.41) is 123. The molecule has 0 aromatic heterocycles. The fraction of sp³-hybridized carbons (Fsp3) is 0.564. The maximum Gasteiger partial charge on any atom is 0.412 e. The minimum Gasteiger partial charge on any atom is -0.507 e. The molecule has 734 valence electrons. The van der Waals surface area contributed by atoms with Gasteiger partial charge in [0.15, 0.2) is 23.9 Å². The summed E-state index contributed by atoms with van der Waals surface area (Å²) in [5.74, 6) is -14.5. The molecule has 7 heterocycles. The molecule has 18 atom stereocenters. The fourth-order valence-electron chi connectivity index (χ4n) is 19.2. The number of ether oxygens (including phenoxy) is 9. The van der Waals surface area contributed by atoms with Crippen LogP contribution in [0.1, 0.15) is 224 Å². The number of hydrogen-bond donors (Lipinski definition) is 19. The number of alkyl carbamates (subject to hydrolysis) is 2. The van der Waals surface area contributed by atoms with E-state index >= 15 is 28.8 Å². The Morgan fingerprint density at radius 3 is 1.83 bits per heavy atom. The number of aliphatic hydroxyl groups is 6. The smallest absolute Gasteiger partial charge is 0.412 e. The zero-order valence-electron chi connectivity index (χ0n) is 76.7. The molecule has 15 bridgehead atoms. The topological polar surface area (TPSA) is 579 Å². The lowest BCUT2D eigenvalue weighted by molar-refractivity contribution is -0.334. The van der Waals surface area contributed by atoms with Gasteiger partial charge in [-0.15, -0.1) is 0 Å². The molecule has 6 fully saturated rings. The summed E-state index contributed by atoms with van der Waals surface area (Å²) >= 11 is 14.6. The third kappa shape index (κ3) is 24.1. The second kappa shape index (κ2) is 42.2. The van der Waals surface area contributed by atoms with E-state index in [0.717, 1.165) is 125 Å². The van der Waals surface area contributed by atoms with Gasteiger partial charge in [-0.3, -0.25) is 38.4 Å². The summed E-state index contributed by atoms with van der Waals surface area (Å²) < 4.78 is 56.3. The second-order valence-corrected chi connectivity index (χ2v) is 39.6. The van der Waals surface area contributed by atoms with Crippen molar-refractivity contribution >= 4 is 88.7 Å². The number of unbranched alkanes of at least 4 members (excludes halogenated alkanes) is 5. The highest BCUT2D eigenvalue weighted by atomic mass is 35.5. The standard InChI is InChI=1S/C94H121Cl2N11O28/c1-12-13-14-15-16-17-24-98-89(124)128-51-36-53-67(59(110)37-51)52-31-45(18-21-58(52)109)69-83(119)106-73(87(123)104-71(53)85(121)101-68-48-27-43-26-44(29-48)30-49(68)28-43)75(113)47-20-23-61(55(96)33-47)130-63-35-50-34-62(78(63)133-88-79(77(115)76(114)64(40-108)131-88)132-66-39-94(11,80(116)42(4)127-66)107-91(126)135-93(8,9)10)129-60-22-19-46(32-54(60)95)74(112)72(105-81(117)56(25-41(2)3)100-90(125)134-92(5,6)7)86(122)99-57(38-65(97)111)82(118)102-70(50)84(120)103-69/h18-23,31-37,41-44,48-49,56-57,64,66,68-77,79-80,88,108-110,112-116H,12-17,24-30,38-40H2,1-11H3,(H2,97,111)(H,98,124)(H,99,122)(H,100,125)(H,101,121)(H,102,118)(H,103,120)(H,104,123)(H,105,117)(H,106,119)(H,107,126)/t42?,43?,44?,48?,49?,56-,57+,64?,66?,68?,69-,70-,71+,72-,73-,74-,75-,76?,77?,79?,80?,88?,94?/m1/s1. The van der Waals surface area contributed by atoms with E-state index in [1.54, 1.807) is 55.4 Å². The van der Waals surface area contributed by atoms with Gasteiger partial charge >= 0.3 is 18.3 Å². The van der Waals surface area contributed by atoms with Crippen LogP contribution in [0.15, 0.2) is 78.9 Å². The van der Waals surface area contributed by atoms with Crippen molar-refractivity contribution in [1.29, 1.82) is 0 Å². The Morgan fingerprint density at radius 2 is 1.22 bits per heavy atom. The average Bonchev–Trinajstić information content (AvgIpc) is 0.755. The van der Waals surface area contributed by atoms with Crippen molar-refractivity contribution < 1.29 is 136 Å². The first kappa shape index (κ1) is 101. The van der Waals surface area contributed by atoms with Gasteiger partial charge in [0.1, 0.15) is 119 Å². The molecule has 11 aliphatic rings. The SMILES string of the molecule is CCCCCCCCNC(=O)Oc1cc(O)c2c(c1)[C@@H](C(=O)NC1C3CC4CC(C3)CC1C4)NC(=O)[C@@H]1NC(=O)[C@H](NC(=O)[C@@H]3NC(=O)[C@H](CC(N)=O)NC(=O)[C@H](NC(=O)[C@@H](CC(C)C)NC(=O)OC(C)(C)C)[C@H](O)c4ccc(c(Cl)c4)Oc4cc3cc(c4OC3OC(CO)C(O)C(O)C3OC3CC(C)(NC(=O)OC(C)(C)C)C(O)C(C)O3)Oc3ccc(cc3Cl)[C@H]1O)c1ccc(O)c-2c1. The number of rotatable bonds is 23. The Bertz CT molecular complexity index is 5260. The van der Waals surface area contributed by atoms with Crippen molar-refractivity contribution in [3.63, 3.8) is 0 Å². The number of carbonyl (C=O) groups excluding carboxylic acids is 11. The number of aliphatic hydroxyl groups excluding tert-OH is 6. The number of nitrogens with one attached hydrogen (secondary N) is 10. The molecule has 2 saturated heterocycles.